The minimum Gasteiger partial charge on any atom is -0.493 e. The number of imidazole rings is 1. The number of aromatic amines is 1. The highest BCUT2D eigenvalue weighted by atomic mass is 35.5. The average Bonchev–Trinajstić information content (AvgIpc) is 3.17. The van der Waals surface area contributed by atoms with Crippen molar-refractivity contribution in [1.29, 1.82) is 0 Å². The van der Waals surface area contributed by atoms with Gasteiger partial charge in [-0.25, -0.2) is 4.98 Å². The number of nitrogens with one attached hydrogen (secondary N) is 1. The monoisotopic (exact) mass is 344 g/mol. The van der Waals surface area contributed by atoms with E-state index in [9.17, 15) is 0 Å². The second-order valence-corrected chi connectivity index (χ2v) is 6.69. The maximum atomic E-state index is 6.17. The van der Waals surface area contributed by atoms with Gasteiger partial charge in [0, 0.05) is 16.3 Å². The third kappa shape index (κ3) is 3.79. The van der Waals surface area contributed by atoms with E-state index in [-0.39, 0.29) is 0 Å². The number of benzene rings is 1. The molecule has 0 amide bonds. The second-order valence-electron chi connectivity index (χ2n) is 6.25. The summed E-state index contributed by atoms with van der Waals surface area (Å²) < 4.78 is 7.88. The number of aryl methyl sites for hydroxylation is 1. The van der Waals surface area contributed by atoms with Gasteiger partial charge in [-0.15, -0.1) is 0 Å². The molecule has 6 heteroatoms. The van der Waals surface area contributed by atoms with E-state index >= 15 is 0 Å². The van der Waals surface area contributed by atoms with Crippen LogP contribution in [-0.4, -0.2) is 26.4 Å². The number of hydrogen-bond acceptors (Lipinski definition) is 3. The van der Waals surface area contributed by atoms with E-state index < -0.39 is 0 Å². The van der Waals surface area contributed by atoms with Crippen LogP contribution in [-0.2, 0) is 6.54 Å². The fraction of sp³-hybridized carbons (Fsp3) is 0.333. The highest BCUT2D eigenvalue weighted by molar-refractivity contribution is 6.30. The number of aromatic nitrogens is 4. The molecule has 3 aromatic rings. The van der Waals surface area contributed by atoms with Gasteiger partial charge < -0.3 is 9.72 Å². The number of nitrogens with zero attached hydrogens (tertiary/aromatic N) is 3. The van der Waals surface area contributed by atoms with E-state index in [4.69, 9.17) is 16.3 Å². The first-order valence-electron chi connectivity index (χ1n) is 7.97. The van der Waals surface area contributed by atoms with E-state index in [1.54, 1.807) is 12.5 Å². The Labute approximate surface area is 146 Å². The Morgan fingerprint density at radius 2 is 2.12 bits per heavy atom. The van der Waals surface area contributed by atoms with Crippen LogP contribution in [0.15, 0.2) is 36.8 Å². The molecule has 0 aliphatic carbocycles. The number of halogens is 1. The first-order valence-corrected chi connectivity index (χ1v) is 8.35. The topological polar surface area (TPSA) is 55.7 Å². The Hall–Kier alpha value is -2.27. The minimum atomic E-state index is 0.465. The number of ether oxygens (including phenoxy) is 1. The van der Waals surface area contributed by atoms with E-state index in [1.807, 2.05) is 35.9 Å². The standard InChI is InChI=1S/C18H21ClN4O/c1-12(2)10-24-18-5-4-15(19)7-14(18)9-23-13(3)6-16(22-23)17-8-20-11-21-17/h4-8,11-12H,9-10H2,1-3H3,(H,20,21). The molecule has 2 heterocycles. The lowest BCUT2D eigenvalue weighted by Gasteiger charge is -2.14. The predicted molar refractivity (Wildman–Crippen MR) is 95.4 cm³/mol. The Kier molecular flexibility index (Phi) is 4.90. The van der Waals surface area contributed by atoms with Crippen LogP contribution in [0.2, 0.25) is 5.02 Å². The summed E-state index contributed by atoms with van der Waals surface area (Å²) in [6, 6.07) is 7.75. The van der Waals surface area contributed by atoms with Crippen LogP contribution < -0.4 is 4.74 Å². The van der Waals surface area contributed by atoms with Gasteiger partial charge in [0.15, 0.2) is 0 Å². The third-order valence-corrected chi connectivity index (χ3v) is 3.91. The second kappa shape index (κ2) is 7.09. The zero-order valence-corrected chi connectivity index (χ0v) is 14.8. The molecule has 0 radical (unpaired) electrons. The molecule has 24 heavy (non-hydrogen) atoms. The van der Waals surface area contributed by atoms with Gasteiger partial charge >= 0.3 is 0 Å². The molecular weight excluding hydrogens is 324 g/mol. The van der Waals surface area contributed by atoms with Crippen LogP contribution in [0.5, 0.6) is 5.75 Å². The Balaban J connectivity index is 1.86. The van der Waals surface area contributed by atoms with Crippen molar-refractivity contribution < 1.29 is 4.74 Å². The van der Waals surface area contributed by atoms with E-state index in [1.165, 1.54) is 0 Å². The SMILES string of the molecule is Cc1cc(-c2cnc[nH]2)nn1Cc1cc(Cl)ccc1OCC(C)C. The molecule has 2 aromatic heterocycles. The molecule has 0 saturated heterocycles. The fourth-order valence-corrected chi connectivity index (χ4v) is 2.62. The minimum absolute atomic E-state index is 0.465. The molecule has 0 aliphatic rings. The average molecular weight is 345 g/mol. The van der Waals surface area contributed by atoms with E-state index in [0.29, 0.717) is 24.1 Å². The highest BCUT2D eigenvalue weighted by Gasteiger charge is 2.12. The molecule has 126 valence electrons. The summed E-state index contributed by atoms with van der Waals surface area (Å²) in [6.07, 6.45) is 3.42. The zero-order chi connectivity index (χ0) is 17.1. The zero-order valence-electron chi connectivity index (χ0n) is 14.1. The summed E-state index contributed by atoms with van der Waals surface area (Å²) in [5.74, 6) is 1.32. The molecule has 0 saturated carbocycles. The van der Waals surface area contributed by atoms with Gasteiger partial charge in [-0.1, -0.05) is 25.4 Å². The maximum Gasteiger partial charge on any atom is 0.124 e. The summed E-state index contributed by atoms with van der Waals surface area (Å²) in [5, 5.41) is 5.36. The van der Waals surface area contributed by atoms with Crippen molar-refractivity contribution in [1.82, 2.24) is 19.7 Å². The van der Waals surface area contributed by atoms with Crippen molar-refractivity contribution >= 4 is 11.6 Å². The summed E-state index contributed by atoms with van der Waals surface area (Å²) >= 11 is 6.17. The van der Waals surface area contributed by atoms with Crippen molar-refractivity contribution in [3.8, 4) is 17.1 Å². The molecule has 3 rings (SSSR count). The Bertz CT molecular complexity index is 809. The third-order valence-electron chi connectivity index (χ3n) is 3.67. The van der Waals surface area contributed by atoms with Crippen LogP contribution in [0.3, 0.4) is 0 Å². The molecule has 1 aromatic carbocycles. The fourth-order valence-electron chi connectivity index (χ4n) is 2.43. The predicted octanol–water partition coefficient (Wildman–Crippen LogP) is 4.32. The van der Waals surface area contributed by atoms with Crippen molar-refractivity contribution in [2.24, 2.45) is 5.92 Å². The van der Waals surface area contributed by atoms with Gasteiger partial charge in [0.25, 0.3) is 0 Å². The Morgan fingerprint density at radius 3 is 2.83 bits per heavy atom. The number of hydrogen-bond donors (Lipinski definition) is 1. The lowest BCUT2D eigenvalue weighted by atomic mass is 10.2. The van der Waals surface area contributed by atoms with Gasteiger partial charge in [0.05, 0.1) is 31.4 Å². The first kappa shape index (κ1) is 16.6. The van der Waals surface area contributed by atoms with Crippen molar-refractivity contribution in [3.05, 3.63) is 53.1 Å². The lowest BCUT2D eigenvalue weighted by molar-refractivity contribution is 0.268. The number of H-pyrrole nitrogens is 1. The van der Waals surface area contributed by atoms with Gasteiger partial charge in [-0.2, -0.15) is 5.10 Å². The molecule has 1 N–H and O–H groups in total. The van der Waals surface area contributed by atoms with E-state index in [0.717, 1.165) is 28.4 Å². The first-order chi connectivity index (χ1) is 11.5. The quantitative estimate of drug-likeness (QED) is 0.724. The molecule has 0 bridgehead atoms. The van der Waals surface area contributed by atoms with Gasteiger partial charge in [-0.05, 0) is 37.1 Å². The molecule has 5 nitrogen and oxygen atoms in total. The summed E-state index contributed by atoms with van der Waals surface area (Å²) in [7, 11) is 0. The van der Waals surface area contributed by atoms with Crippen LogP contribution in [0.25, 0.3) is 11.4 Å². The van der Waals surface area contributed by atoms with Crippen LogP contribution in [0.4, 0.5) is 0 Å². The molecule has 0 fully saturated rings. The van der Waals surface area contributed by atoms with Crippen molar-refractivity contribution in [3.63, 3.8) is 0 Å². The normalized spacial score (nSPS) is 11.2. The van der Waals surface area contributed by atoms with Gasteiger partial charge in [-0.3, -0.25) is 4.68 Å². The summed E-state index contributed by atoms with van der Waals surface area (Å²) in [4.78, 5) is 7.12. The van der Waals surface area contributed by atoms with Gasteiger partial charge in [0.1, 0.15) is 11.4 Å². The summed E-state index contributed by atoms with van der Waals surface area (Å²) in [5.41, 5.74) is 3.86. The summed E-state index contributed by atoms with van der Waals surface area (Å²) in [6.45, 7) is 7.57. The lowest BCUT2D eigenvalue weighted by Crippen LogP contribution is -2.09. The molecule has 0 spiro atoms. The van der Waals surface area contributed by atoms with Crippen LogP contribution in [0.1, 0.15) is 25.1 Å². The van der Waals surface area contributed by atoms with E-state index in [2.05, 4.69) is 28.9 Å². The largest absolute Gasteiger partial charge is 0.493 e. The number of rotatable bonds is 6. The van der Waals surface area contributed by atoms with Crippen molar-refractivity contribution in [2.75, 3.05) is 6.61 Å². The smallest absolute Gasteiger partial charge is 0.124 e. The van der Waals surface area contributed by atoms with Crippen LogP contribution in [0, 0.1) is 12.8 Å². The highest BCUT2D eigenvalue weighted by Crippen LogP contribution is 2.25. The van der Waals surface area contributed by atoms with Crippen molar-refractivity contribution in [2.45, 2.75) is 27.3 Å². The molecular formula is C18H21ClN4O. The molecule has 0 atom stereocenters. The Morgan fingerprint density at radius 1 is 1.29 bits per heavy atom. The maximum absolute atomic E-state index is 6.17. The van der Waals surface area contributed by atoms with Crippen LogP contribution >= 0.6 is 11.6 Å². The molecule has 0 unspecified atom stereocenters. The molecule has 0 aliphatic heterocycles. The van der Waals surface area contributed by atoms with Gasteiger partial charge in [0.2, 0.25) is 0 Å².